The molecule has 0 unspecified atom stereocenters. The van der Waals surface area contributed by atoms with Crippen LogP contribution in [0.3, 0.4) is 0 Å². The molecule has 0 radical (unpaired) electrons. The van der Waals surface area contributed by atoms with Crippen molar-refractivity contribution in [2.24, 2.45) is 5.92 Å². The van der Waals surface area contributed by atoms with E-state index in [1.807, 2.05) is 6.92 Å². The molecule has 3 rings (SSSR count). The van der Waals surface area contributed by atoms with Gasteiger partial charge in [0.2, 0.25) is 5.91 Å². The number of rotatable bonds is 6. The first kappa shape index (κ1) is 18.9. The molecule has 0 heterocycles. The highest BCUT2D eigenvalue weighted by Crippen LogP contribution is 2.30. The number of aryl methyl sites for hydroxylation is 1. The fourth-order valence-corrected chi connectivity index (χ4v) is 2.58. The molecule has 1 aliphatic rings. The van der Waals surface area contributed by atoms with Gasteiger partial charge in [0.1, 0.15) is 0 Å². The predicted octanol–water partition coefficient (Wildman–Crippen LogP) is 3.79. The van der Waals surface area contributed by atoms with Crippen molar-refractivity contribution in [1.29, 1.82) is 0 Å². The van der Waals surface area contributed by atoms with Crippen LogP contribution >= 0.6 is 11.6 Å². The lowest BCUT2D eigenvalue weighted by Crippen LogP contribution is -2.21. The normalized spacial score (nSPS) is 13.0. The molecule has 6 nitrogen and oxygen atoms in total. The highest BCUT2D eigenvalue weighted by molar-refractivity contribution is 6.31. The largest absolute Gasteiger partial charge is 0.452 e. The molecule has 0 spiro atoms. The fraction of sp³-hybridized carbons (Fsp3) is 0.250. The Balaban J connectivity index is 1.53. The zero-order chi connectivity index (χ0) is 19.4. The minimum Gasteiger partial charge on any atom is -0.452 e. The zero-order valence-electron chi connectivity index (χ0n) is 14.8. The maximum Gasteiger partial charge on any atom is 0.338 e. The van der Waals surface area contributed by atoms with Gasteiger partial charge in [-0.2, -0.15) is 0 Å². The van der Waals surface area contributed by atoms with Crippen LogP contribution in [0, 0.1) is 12.8 Å². The molecule has 0 aromatic heterocycles. The highest BCUT2D eigenvalue weighted by Gasteiger charge is 2.29. The molecule has 2 aromatic rings. The topological polar surface area (TPSA) is 84.5 Å². The maximum absolute atomic E-state index is 12.1. The molecular weight excluding hydrogens is 368 g/mol. The molecule has 1 saturated carbocycles. The molecule has 0 aliphatic heterocycles. The third kappa shape index (κ3) is 5.31. The number of amides is 2. The highest BCUT2D eigenvalue weighted by atomic mass is 35.5. The van der Waals surface area contributed by atoms with Gasteiger partial charge in [0.05, 0.1) is 5.56 Å². The average molecular weight is 387 g/mol. The van der Waals surface area contributed by atoms with Crippen molar-refractivity contribution in [3.63, 3.8) is 0 Å². The van der Waals surface area contributed by atoms with Crippen LogP contribution in [0.2, 0.25) is 5.02 Å². The predicted molar refractivity (Wildman–Crippen MR) is 103 cm³/mol. The Kier molecular flexibility index (Phi) is 5.76. The summed E-state index contributed by atoms with van der Waals surface area (Å²) in [4.78, 5) is 35.9. The summed E-state index contributed by atoms with van der Waals surface area (Å²) in [5, 5.41) is 5.92. The third-order valence-corrected chi connectivity index (χ3v) is 4.51. The Labute approximate surface area is 161 Å². The van der Waals surface area contributed by atoms with Gasteiger partial charge in [0, 0.05) is 22.3 Å². The first-order valence-electron chi connectivity index (χ1n) is 8.56. The second kappa shape index (κ2) is 8.22. The van der Waals surface area contributed by atoms with E-state index in [0.717, 1.165) is 18.4 Å². The van der Waals surface area contributed by atoms with Crippen molar-refractivity contribution in [1.82, 2.24) is 0 Å². The number of anilines is 2. The SMILES string of the molecule is Cc1ccc(NC(=O)COC(=O)c2cccc(NC(=O)C3CC3)c2)cc1Cl. The Bertz CT molecular complexity index is 893. The lowest BCUT2D eigenvalue weighted by molar-refractivity contribution is -0.119. The first-order chi connectivity index (χ1) is 12.9. The minimum absolute atomic E-state index is 0.0448. The van der Waals surface area contributed by atoms with E-state index < -0.39 is 18.5 Å². The Morgan fingerprint density at radius 2 is 1.81 bits per heavy atom. The summed E-state index contributed by atoms with van der Waals surface area (Å²) < 4.78 is 5.04. The van der Waals surface area contributed by atoms with Crippen molar-refractivity contribution in [2.75, 3.05) is 17.2 Å². The molecule has 7 heteroatoms. The summed E-state index contributed by atoms with van der Waals surface area (Å²) in [6.07, 6.45) is 1.80. The second-order valence-corrected chi connectivity index (χ2v) is 6.84. The smallest absolute Gasteiger partial charge is 0.338 e. The van der Waals surface area contributed by atoms with Gasteiger partial charge in [-0.3, -0.25) is 9.59 Å². The molecule has 27 heavy (non-hydrogen) atoms. The van der Waals surface area contributed by atoms with Gasteiger partial charge >= 0.3 is 5.97 Å². The van der Waals surface area contributed by atoms with E-state index in [9.17, 15) is 14.4 Å². The number of ether oxygens (including phenoxy) is 1. The molecule has 1 fully saturated rings. The van der Waals surface area contributed by atoms with Gasteiger partial charge in [-0.1, -0.05) is 23.7 Å². The number of hydrogen-bond donors (Lipinski definition) is 2. The van der Waals surface area contributed by atoms with Crippen LogP contribution in [-0.4, -0.2) is 24.4 Å². The third-order valence-electron chi connectivity index (χ3n) is 4.10. The van der Waals surface area contributed by atoms with E-state index in [0.29, 0.717) is 16.4 Å². The Morgan fingerprint density at radius 3 is 2.52 bits per heavy atom. The fourth-order valence-electron chi connectivity index (χ4n) is 2.40. The summed E-state index contributed by atoms with van der Waals surface area (Å²) >= 11 is 6.01. The van der Waals surface area contributed by atoms with E-state index >= 15 is 0 Å². The van der Waals surface area contributed by atoms with E-state index in [1.54, 1.807) is 36.4 Å². The molecule has 0 atom stereocenters. The quantitative estimate of drug-likeness (QED) is 0.739. The van der Waals surface area contributed by atoms with Crippen LogP contribution in [-0.2, 0) is 14.3 Å². The van der Waals surface area contributed by atoms with E-state index in [4.69, 9.17) is 16.3 Å². The standard InChI is InChI=1S/C20H19ClN2O4/c1-12-5-8-16(10-17(12)21)22-18(24)11-27-20(26)14-3-2-4-15(9-14)23-19(25)13-6-7-13/h2-5,8-10,13H,6-7,11H2,1H3,(H,22,24)(H,23,25). The van der Waals surface area contributed by atoms with Crippen molar-refractivity contribution in [2.45, 2.75) is 19.8 Å². The number of nitrogens with one attached hydrogen (secondary N) is 2. The van der Waals surface area contributed by atoms with Crippen LogP contribution in [0.25, 0.3) is 0 Å². The van der Waals surface area contributed by atoms with Gasteiger partial charge < -0.3 is 15.4 Å². The van der Waals surface area contributed by atoms with Gasteiger partial charge in [0.15, 0.2) is 6.61 Å². The maximum atomic E-state index is 12.1. The minimum atomic E-state index is -0.644. The van der Waals surface area contributed by atoms with Gasteiger partial charge in [0.25, 0.3) is 5.91 Å². The summed E-state index contributed by atoms with van der Waals surface area (Å²) in [5.41, 5.74) is 2.21. The van der Waals surface area contributed by atoms with Gasteiger partial charge in [-0.15, -0.1) is 0 Å². The van der Waals surface area contributed by atoms with Crippen LogP contribution in [0.15, 0.2) is 42.5 Å². The van der Waals surface area contributed by atoms with Crippen molar-refractivity contribution < 1.29 is 19.1 Å². The number of carbonyl (C=O) groups excluding carboxylic acids is 3. The van der Waals surface area contributed by atoms with Crippen molar-refractivity contribution in [3.05, 3.63) is 58.6 Å². The summed E-state index contributed by atoms with van der Waals surface area (Å²) in [6, 6.07) is 11.6. The Hall–Kier alpha value is -2.86. The molecule has 1 aliphatic carbocycles. The summed E-state index contributed by atoms with van der Waals surface area (Å²) in [5.74, 6) is -1.09. The van der Waals surface area contributed by atoms with Crippen LogP contribution in [0.4, 0.5) is 11.4 Å². The summed E-state index contributed by atoms with van der Waals surface area (Å²) in [6.45, 7) is 1.43. The molecule has 140 valence electrons. The Morgan fingerprint density at radius 1 is 1.07 bits per heavy atom. The van der Waals surface area contributed by atoms with Crippen molar-refractivity contribution >= 4 is 40.8 Å². The van der Waals surface area contributed by atoms with Crippen LogP contribution in [0.5, 0.6) is 0 Å². The number of carbonyl (C=O) groups is 3. The van der Waals surface area contributed by atoms with Gasteiger partial charge in [-0.05, 0) is 55.7 Å². The van der Waals surface area contributed by atoms with E-state index in [-0.39, 0.29) is 17.4 Å². The second-order valence-electron chi connectivity index (χ2n) is 6.43. The number of halogens is 1. The average Bonchev–Trinajstić information content (AvgIpc) is 3.48. The molecule has 2 N–H and O–H groups in total. The molecular formula is C20H19ClN2O4. The molecule has 0 saturated heterocycles. The van der Waals surface area contributed by atoms with E-state index in [1.165, 1.54) is 6.07 Å². The molecule has 0 bridgehead atoms. The number of benzene rings is 2. The summed E-state index contributed by atoms with van der Waals surface area (Å²) in [7, 11) is 0. The number of hydrogen-bond acceptors (Lipinski definition) is 4. The zero-order valence-corrected chi connectivity index (χ0v) is 15.5. The van der Waals surface area contributed by atoms with Crippen LogP contribution in [0.1, 0.15) is 28.8 Å². The molecule has 2 amide bonds. The lowest BCUT2D eigenvalue weighted by Gasteiger charge is -2.09. The first-order valence-corrected chi connectivity index (χ1v) is 8.94. The van der Waals surface area contributed by atoms with Crippen LogP contribution < -0.4 is 10.6 Å². The van der Waals surface area contributed by atoms with Gasteiger partial charge in [-0.25, -0.2) is 4.79 Å². The van der Waals surface area contributed by atoms with E-state index in [2.05, 4.69) is 10.6 Å². The van der Waals surface area contributed by atoms with Crippen molar-refractivity contribution in [3.8, 4) is 0 Å². The monoisotopic (exact) mass is 386 g/mol. The molecule has 2 aromatic carbocycles. The number of esters is 1. The lowest BCUT2D eigenvalue weighted by atomic mass is 10.2.